The van der Waals surface area contributed by atoms with Crippen molar-refractivity contribution in [2.24, 2.45) is 17.6 Å². The van der Waals surface area contributed by atoms with E-state index in [1.165, 1.54) is 19.4 Å². The SMILES string of the molecule is CCN1C[C@@H]2C[C@@]1(N)C[C@@H]2C. The summed E-state index contributed by atoms with van der Waals surface area (Å²) in [5.74, 6) is 1.75. The van der Waals surface area contributed by atoms with Gasteiger partial charge in [-0.1, -0.05) is 13.8 Å². The molecule has 1 aliphatic heterocycles. The third-order valence-electron chi connectivity index (χ3n) is 3.56. The Morgan fingerprint density at radius 1 is 1.55 bits per heavy atom. The Balaban J connectivity index is 2.15. The number of nitrogens with two attached hydrogens (primary N) is 1. The van der Waals surface area contributed by atoms with Crippen LogP contribution in [0.5, 0.6) is 0 Å². The van der Waals surface area contributed by atoms with Crippen LogP contribution in [0.15, 0.2) is 0 Å². The highest BCUT2D eigenvalue weighted by atomic mass is 15.3. The van der Waals surface area contributed by atoms with Gasteiger partial charge in [-0.05, 0) is 31.2 Å². The molecule has 2 nitrogen and oxygen atoms in total. The van der Waals surface area contributed by atoms with E-state index in [0.29, 0.717) is 0 Å². The first-order valence-corrected chi connectivity index (χ1v) is 4.69. The van der Waals surface area contributed by atoms with Gasteiger partial charge in [0.15, 0.2) is 0 Å². The second-order valence-corrected chi connectivity index (χ2v) is 4.29. The molecule has 3 atom stereocenters. The van der Waals surface area contributed by atoms with Crippen LogP contribution >= 0.6 is 0 Å². The smallest absolute Gasteiger partial charge is 0.0693 e. The molecule has 0 unspecified atom stereocenters. The van der Waals surface area contributed by atoms with E-state index in [-0.39, 0.29) is 5.66 Å². The van der Waals surface area contributed by atoms with E-state index in [1.807, 2.05) is 0 Å². The lowest BCUT2D eigenvalue weighted by molar-refractivity contribution is 0.107. The van der Waals surface area contributed by atoms with Gasteiger partial charge < -0.3 is 5.73 Å². The molecule has 11 heavy (non-hydrogen) atoms. The summed E-state index contributed by atoms with van der Waals surface area (Å²) in [6, 6.07) is 0. The quantitative estimate of drug-likeness (QED) is 0.611. The number of fused-ring (bicyclic) bond motifs is 2. The lowest BCUT2D eigenvalue weighted by atomic mass is 9.96. The van der Waals surface area contributed by atoms with Crippen LogP contribution in [0.3, 0.4) is 0 Å². The van der Waals surface area contributed by atoms with Gasteiger partial charge in [-0.25, -0.2) is 0 Å². The first kappa shape index (κ1) is 7.56. The summed E-state index contributed by atoms with van der Waals surface area (Å²) in [4.78, 5) is 2.44. The van der Waals surface area contributed by atoms with Crippen molar-refractivity contribution >= 4 is 0 Å². The van der Waals surface area contributed by atoms with Crippen molar-refractivity contribution < 1.29 is 0 Å². The normalized spacial score (nSPS) is 50.5. The Morgan fingerprint density at radius 2 is 2.27 bits per heavy atom. The molecule has 2 aliphatic rings. The van der Waals surface area contributed by atoms with E-state index in [0.717, 1.165) is 18.4 Å². The second-order valence-electron chi connectivity index (χ2n) is 4.29. The summed E-state index contributed by atoms with van der Waals surface area (Å²) in [6.07, 6.45) is 2.45. The zero-order valence-electron chi connectivity index (χ0n) is 7.51. The summed E-state index contributed by atoms with van der Waals surface area (Å²) in [7, 11) is 0. The Bertz CT molecular complexity index is 165. The van der Waals surface area contributed by atoms with Crippen LogP contribution in [0.25, 0.3) is 0 Å². The van der Waals surface area contributed by atoms with E-state index < -0.39 is 0 Å². The molecule has 2 N–H and O–H groups in total. The first-order chi connectivity index (χ1) is 5.15. The molecule has 0 spiro atoms. The number of likely N-dealkylation sites (tertiary alicyclic amines) is 1. The van der Waals surface area contributed by atoms with Crippen LogP contribution in [-0.4, -0.2) is 23.7 Å². The van der Waals surface area contributed by atoms with Crippen molar-refractivity contribution in [3.63, 3.8) is 0 Å². The Labute approximate surface area is 68.7 Å². The monoisotopic (exact) mass is 154 g/mol. The van der Waals surface area contributed by atoms with Gasteiger partial charge in [-0.3, -0.25) is 4.90 Å². The van der Waals surface area contributed by atoms with E-state index in [1.54, 1.807) is 0 Å². The van der Waals surface area contributed by atoms with Crippen molar-refractivity contribution in [1.29, 1.82) is 0 Å². The second kappa shape index (κ2) is 2.20. The van der Waals surface area contributed by atoms with Gasteiger partial charge in [-0.15, -0.1) is 0 Å². The fourth-order valence-corrected chi connectivity index (χ4v) is 2.87. The van der Waals surface area contributed by atoms with Crippen LogP contribution in [0.4, 0.5) is 0 Å². The van der Waals surface area contributed by atoms with E-state index in [2.05, 4.69) is 18.7 Å². The average molecular weight is 154 g/mol. The van der Waals surface area contributed by atoms with Crippen molar-refractivity contribution in [2.45, 2.75) is 32.4 Å². The van der Waals surface area contributed by atoms with Gasteiger partial charge in [0.05, 0.1) is 5.66 Å². The number of piperidine rings is 1. The molecule has 0 aromatic carbocycles. The molecule has 1 aliphatic carbocycles. The maximum atomic E-state index is 6.27. The minimum atomic E-state index is 0.0822. The molecule has 0 aromatic heterocycles. The molecule has 0 aromatic rings. The summed E-state index contributed by atoms with van der Waals surface area (Å²) in [5, 5.41) is 0. The van der Waals surface area contributed by atoms with Gasteiger partial charge in [0.1, 0.15) is 0 Å². The molecule has 1 saturated heterocycles. The predicted molar refractivity (Wildman–Crippen MR) is 46.1 cm³/mol. The summed E-state index contributed by atoms with van der Waals surface area (Å²) in [5.41, 5.74) is 6.35. The van der Waals surface area contributed by atoms with E-state index >= 15 is 0 Å². The molecule has 0 radical (unpaired) electrons. The maximum absolute atomic E-state index is 6.27. The number of nitrogens with zero attached hydrogens (tertiary/aromatic N) is 1. The lowest BCUT2D eigenvalue weighted by Crippen LogP contribution is -2.52. The van der Waals surface area contributed by atoms with Crippen molar-refractivity contribution in [1.82, 2.24) is 4.90 Å². The highest BCUT2D eigenvalue weighted by Gasteiger charge is 2.50. The Kier molecular flexibility index (Phi) is 1.52. The predicted octanol–water partition coefficient (Wildman–Crippen LogP) is 1.02. The van der Waals surface area contributed by atoms with Crippen molar-refractivity contribution in [3.8, 4) is 0 Å². The molecule has 1 saturated carbocycles. The van der Waals surface area contributed by atoms with Gasteiger partial charge in [0.25, 0.3) is 0 Å². The van der Waals surface area contributed by atoms with Crippen molar-refractivity contribution in [2.75, 3.05) is 13.1 Å². The van der Waals surface area contributed by atoms with Crippen LogP contribution in [0.1, 0.15) is 26.7 Å². The average Bonchev–Trinajstić information content (AvgIpc) is 2.38. The topological polar surface area (TPSA) is 29.3 Å². The molecular formula is C9H18N2. The first-order valence-electron chi connectivity index (χ1n) is 4.69. The fraction of sp³-hybridized carbons (Fsp3) is 1.00. The van der Waals surface area contributed by atoms with Crippen molar-refractivity contribution in [3.05, 3.63) is 0 Å². The Morgan fingerprint density at radius 3 is 2.64 bits per heavy atom. The number of hydrogen-bond acceptors (Lipinski definition) is 2. The fourth-order valence-electron chi connectivity index (χ4n) is 2.87. The molecular weight excluding hydrogens is 136 g/mol. The van der Waals surface area contributed by atoms with E-state index in [4.69, 9.17) is 5.73 Å². The molecule has 2 rings (SSSR count). The highest BCUT2D eigenvalue weighted by molar-refractivity contribution is 5.03. The largest absolute Gasteiger partial charge is 0.313 e. The Hall–Kier alpha value is -0.0800. The molecule has 2 fully saturated rings. The molecule has 1 heterocycles. The maximum Gasteiger partial charge on any atom is 0.0693 e. The van der Waals surface area contributed by atoms with Crippen LogP contribution < -0.4 is 5.73 Å². The van der Waals surface area contributed by atoms with Gasteiger partial charge in [0, 0.05) is 6.54 Å². The van der Waals surface area contributed by atoms with Gasteiger partial charge in [-0.2, -0.15) is 0 Å². The molecule has 0 amide bonds. The van der Waals surface area contributed by atoms with Gasteiger partial charge in [0.2, 0.25) is 0 Å². The number of rotatable bonds is 1. The molecule has 64 valence electrons. The number of hydrogen-bond donors (Lipinski definition) is 1. The van der Waals surface area contributed by atoms with Crippen LogP contribution in [0, 0.1) is 11.8 Å². The third-order valence-corrected chi connectivity index (χ3v) is 3.56. The zero-order valence-corrected chi connectivity index (χ0v) is 7.51. The molecule has 2 heteroatoms. The minimum Gasteiger partial charge on any atom is -0.313 e. The summed E-state index contributed by atoms with van der Waals surface area (Å²) < 4.78 is 0. The van der Waals surface area contributed by atoms with Crippen LogP contribution in [-0.2, 0) is 0 Å². The third kappa shape index (κ3) is 0.926. The zero-order chi connectivity index (χ0) is 8.06. The van der Waals surface area contributed by atoms with Crippen LogP contribution in [0.2, 0.25) is 0 Å². The highest BCUT2D eigenvalue weighted by Crippen LogP contribution is 2.46. The standard InChI is InChI=1S/C9H18N2/c1-3-11-6-8-5-9(11,10)4-7(8)2/h7-8H,3-6,10H2,1-2H3/t7-,8-,9+/m0/s1. The summed E-state index contributed by atoms with van der Waals surface area (Å²) >= 11 is 0. The lowest BCUT2D eigenvalue weighted by Gasteiger charge is -2.36. The summed E-state index contributed by atoms with van der Waals surface area (Å²) in [6.45, 7) is 6.92. The minimum absolute atomic E-state index is 0.0822. The van der Waals surface area contributed by atoms with E-state index in [9.17, 15) is 0 Å². The molecule has 2 bridgehead atoms. The van der Waals surface area contributed by atoms with Gasteiger partial charge >= 0.3 is 0 Å².